The maximum absolute atomic E-state index is 10.5. The fraction of sp³-hybridized carbons (Fsp3) is 0.429. The van der Waals surface area contributed by atoms with Crippen LogP contribution in [0, 0.1) is 11.3 Å². The van der Waals surface area contributed by atoms with Crippen LogP contribution in [0.15, 0.2) is 22.7 Å². The van der Waals surface area contributed by atoms with Crippen molar-refractivity contribution < 1.29 is 19.4 Å². The normalized spacial score (nSPS) is 19.4. The number of piperidine rings is 1. The lowest BCUT2D eigenvalue weighted by Crippen LogP contribution is -2.48. The number of likely N-dealkylation sites (tertiary alicyclic amines) is 1. The highest BCUT2D eigenvalue weighted by molar-refractivity contribution is 5.76. The Morgan fingerprint density at radius 2 is 2.19 bits per heavy atom. The van der Waals surface area contributed by atoms with E-state index < -0.39 is 6.10 Å². The Bertz CT molecular complexity index is 1120. The van der Waals surface area contributed by atoms with Gasteiger partial charge in [0.15, 0.2) is 0 Å². The number of aliphatic hydroxyl groups excluding tert-OH is 1. The highest BCUT2D eigenvalue weighted by Gasteiger charge is 2.26. The zero-order valence-corrected chi connectivity index (χ0v) is 17.4. The first kappa shape index (κ1) is 21.0. The molecule has 4 rings (SSSR count). The molecule has 0 saturated carbocycles. The van der Waals surface area contributed by atoms with Gasteiger partial charge in [-0.2, -0.15) is 10.2 Å². The Balaban J connectivity index is 1.64. The average Bonchev–Trinajstić information content (AvgIpc) is 3.14. The molecule has 1 aliphatic rings. The van der Waals surface area contributed by atoms with Crippen molar-refractivity contribution in [2.45, 2.75) is 32.1 Å². The Hall–Kier alpha value is -3.26. The Morgan fingerprint density at radius 3 is 2.94 bits per heavy atom. The number of methoxy groups -OCH3 is 1. The second kappa shape index (κ2) is 8.85. The maximum atomic E-state index is 10.5. The van der Waals surface area contributed by atoms with E-state index >= 15 is 0 Å². The predicted octanol–water partition coefficient (Wildman–Crippen LogP) is 1.88. The number of hydrogen-bond donors (Lipinski definition) is 3. The van der Waals surface area contributed by atoms with Gasteiger partial charge in [0.2, 0.25) is 5.65 Å². The molecule has 1 aliphatic heterocycles. The summed E-state index contributed by atoms with van der Waals surface area (Å²) in [6, 6.07) is 5.32. The third-order valence-corrected chi connectivity index (χ3v) is 5.29. The number of ether oxygens (including phenoxy) is 1. The van der Waals surface area contributed by atoms with Crippen LogP contribution in [0.25, 0.3) is 22.6 Å². The molecule has 10 heteroatoms. The molecular weight excluding hydrogens is 400 g/mol. The number of benzene rings is 1. The summed E-state index contributed by atoms with van der Waals surface area (Å²) in [5.41, 5.74) is 2.32. The fourth-order valence-corrected chi connectivity index (χ4v) is 3.92. The first-order valence-corrected chi connectivity index (χ1v) is 10.1. The first-order valence-electron chi connectivity index (χ1n) is 10.1. The van der Waals surface area contributed by atoms with E-state index in [-0.39, 0.29) is 35.8 Å². The largest absolute Gasteiger partial charge is 0.507 e. The van der Waals surface area contributed by atoms with Crippen molar-refractivity contribution >= 4 is 17.4 Å². The van der Waals surface area contributed by atoms with E-state index in [2.05, 4.69) is 32.1 Å². The van der Waals surface area contributed by atoms with Crippen LogP contribution in [0.3, 0.4) is 0 Å². The minimum atomic E-state index is -0.406. The zero-order chi connectivity index (χ0) is 22.0. The van der Waals surface area contributed by atoms with Gasteiger partial charge in [0.25, 0.3) is 11.7 Å². The Morgan fingerprint density at radius 1 is 1.35 bits per heavy atom. The van der Waals surface area contributed by atoms with Crippen LogP contribution in [0.2, 0.25) is 0 Å². The molecule has 1 aromatic carbocycles. The van der Waals surface area contributed by atoms with Crippen LogP contribution in [0.1, 0.15) is 24.5 Å². The van der Waals surface area contributed by atoms with Crippen LogP contribution >= 0.6 is 0 Å². The quantitative estimate of drug-likeness (QED) is 0.537. The number of hydrogen-bond acceptors (Lipinski definition) is 10. The molecule has 0 spiro atoms. The number of anilines is 1. The lowest BCUT2D eigenvalue weighted by Gasteiger charge is -2.34. The van der Waals surface area contributed by atoms with E-state index in [1.807, 2.05) is 6.07 Å². The van der Waals surface area contributed by atoms with Gasteiger partial charge in [0.05, 0.1) is 36.2 Å². The number of likely N-dealkylation sites (N-methyl/N-ethyl adjacent to an activating group) is 1. The van der Waals surface area contributed by atoms with E-state index in [1.54, 1.807) is 6.07 Å². The van der Waals surface area contributed by atoms with Crippen LogP contribution in [0.4, 0.5) is 6.01 Å². The lowest BCUT2D eigenvalue weighted by molar-refractivity contribution is 0.0667. The summed E-state index contributed by atoms with van der Waals surface area (Å²) < 4.78 is 10.9. The van der Waals surface area contributed by atoms with Crippen molar-refractivity contribution in [3.05, 3.63) is 29.5 Å². The number of fused-ring (bicyclic) bond motifs is 1. The molecule has 0 aliphatic carbocycles. The van der Waals surface area contributed by atoms with Crippen LogP contribution < -0.4 is 5.32 Å². The molecule has 2 atom stereocenters. The average molecular weight is 424 g/mol. The van der Waals surface area contributed by atoms with Gasteiger partial charge in [-0.05, 0) is 30.7 Å². The van der Waals surface area contributed by atoms with Gasteiger partial charge in [0.1, 0.15) is 5.75 Å². The zero-order valence-electron chi connectivity index (χ0n) is 17.4. The van der Waals surface area contributed by atoms with Crippen molar-refractivity contribution in [1.29, 1.82) is 5.26 Å². The van der Waals surface area contributed by atoms with Crippen molar-refractivity contribution in [2.24, 2.45) is 0 Å². The molecule has 162 valence electrons. The standard InChI is InChI=1S/C21H24N6O4/c1-3-27-9-14(6-15(28)10-27)24-21-26-19-20(31-21)23-8-16(25-19)18-13(11-30-2)4-12(7-22)5-17(18)29/h4-5,8,14-15,28-29H,3,6,9-11H2,1-2H3,(H,24,25,26)/t14-,15+/m1/s1. The van der Waals surface area contributed by atoms with Gasteiger partial charge in [-0.1, -0.05) is 6.92 Å². The summed E-state index contributed by atoms with van der Waals surface area (Å²) in [5, 5.41) is 33.0. The summed E-state index contributed by atoms with van der Waals surface area (Å²) in [7, 11) is 1.53. The van der Waals surface area contributed by atoms with Crippen molar-refractivity contribution in [3.8, 4) is 23.1 Å². The lowest BCUT2D eigenvalue weighted by atomic mass is 10.0. The molecule has 31 heavy (non-hydrogen) atoms. The second-order valence-electron chi connectivity index (χ2n) is 7.56. The smallest absolute Gasteiger partial charge is 0.298 e. The third-order valence-electron chi connectivity index (χ3n) is 5.29. The molecule has 0 unspecified atom stereocenters. The third kappa shape index (κ3) is 4.44. The second-order valence-corrected chi connectivity index (χ2v) is 7.56. The molecule has 1 fully saturated rings. The van der Waals surface area contributed by atoms with E-state index in [9.17, 15) is 10.2 Å². The highest BCUT2D eigenvalue weighted by atomic mass is 16.5. The molecule has 3 N–H and O–H groups in total. The number of nitriles is 1. The number of phenols is 1. The number of oxazole rings is 1. The van der Waals surface area contributed by atoms with Crippen LogP contribution in [0.5, 0.6) is 5.75 Å². The SMILES string of the molecule is CCN1C[C@@H](O)C[C@@H](Nc2nc3nc(-c4c(O)cc(C#N)cc4COC)cnc3o2)C1. The Labute approximate surface area is 179 Å². The number of nitrogens with zero attached hydrogens (tertiary/aromatic N) is 5. The van der Waals surface area contributed by atoms with Gasteiger partial charge in [-0.3, -0.25) is 4.90 Å². The molecule has 3 aromatic rings. The minimum Gasteiger partial charge on any atom is -0.507 e. The van der Waals surface area contributed by atoms with Gasteiger partial charge >= 0.3 is 0 Å². The molecule has 3 heterocycles. The van der Waals surface area contributed by atoms with Crippen LogP contribution in [-0.2, 0) is 11.3 Å². The molecule has 2 aromatic heterocycles. The summed E-state index contributed by atoms with van der Waals surface area (Å²) in [6.07, 6.45) is 1.68. The van der Waals surface area contributed by atoms with Crippen molar-refractivity contribution in [1.82, 2.24) is 19.9 Å². The van der Waals surface area contributed by atoms with E-state index in [1.165, 1.54) is 19.4 Å². The van der Waals surface area contributed by atoms with E-state index in [0.29, 0.717) is 35.3 Å². The van der Waals surface area contributed by atoms with Crippen molar-refractivity contribution in [2.75, 3.05) is 32.1 Å². The van der Waals surface area contributed by atoms with E-state index in [4.69, 9.17) is 14.4 Å². The summed E-state index contributed by atoms with van der Waals surface area (Å²) in [4.78, 5) is 15.3. The molecule has 0 amide bonds. The molecule has 0 bridgehead atoms. The molecule has 1 saturated heterocycles. The Kier molecular flexibility index (Phi) is 5.99. The topological polar surface area (TPSA) is 141 Å². The first-order chi connectivity index (χ1) is 15.0. The number of β-amino-alcohol motifs (C(OH)–C–C–N with tert-alkyl or cyclic N) is 1. The van der Waals surface area contributed by atoms with Gasteiger partial charge in [0, 0.05) is 31.8 Å². The van der Waals surface area contributed by atoms with E-state index in [0.717, 1.165) is 13.1 Å². The van der Waals surface area contributed by atoms with Crippen LogP contribution in [-0.4, -0.2) is 69.0 Å². The number of aromatic hydroxyl groups is 1. The number of phenolic OH excluding ortho intramolecular Hbond substituents is 1. The maximum Gasteiger partial charge on any atom is 0.298 e. The predicted molar refractivity (Wildman–Crippen MR) is 112 cm³/mol. The highest BCUT2D eigenvalue weighted by Crippen LogP contribution is 2.34. The molecule has 0 radical (unpaired) electrons. The monoisotopic (exact) mass is 424 g/mol. The minimum absolute atomic E-state index is 0.00731. The number of rotatable bonds is 6. The molecular formula is C21H24N6O4. The summed E-state index contributed by atoms with van der Waals surface area (Å²) >= 11 is 0. The fourth-order valence-electron chi connectivity index (χ4n) is 3.92. The van der Waals surface area contributed by atoms with Gasteiger partial charge in [-0.25, -0.2) is 9.97 Å². The number of aromatic nitrogens is 3. The summed E-state index contributed by atoms with van der Waals surface area (Å²) in [5.74, 6) is -0.0857. The van der Waals surface area contributed by atoms with Crippen molar-refractivity contribution in [3.63, 3.8) is 0 Å². The number of nitrogens with one attached hydrogen (secondary N) is 1. The number of aliphatic hydroxyl groups is 1. The summed E-state index contributed by atoms with van der Waals surface area (Å²) in [6.45, 7) is 4.54. The molecule has 10 nitrogen and oxygen atoms in total. The van der Waals surface area contributed by atoms with Gasteiger partial charge < -0.3 is 24.7 Å². The van der Waals surface area contributed by atoms with Gasteiger partial charge in [-0.15, -0.1) is 0 Å².